The van der Waals surface area contributed by atoms with Gasteiger partial charge in [-0.3, -0.25) is 14.2 Å². The Morgan fingerprint density at radius 1 is 0.641 bits per heavy atom. The molecular weight excluding hydrogens is 903 g/mol. The lowest BCUT2D eigenvalue weighted by atomic mass is 10.1. The van der Waals surface area contributed by atoms with E-state index in [0.717, 1.165) is 23.8 Å². The van der Waals surface area contributed by atoms with E-state index in [0.29, 0.717) is 17.0 Å². The molecule has 6 rings (SSSR count). The van der Waals surface area contributed by atoms with Crippen LogP contribution in [-0.4, -0.2) is 86.6 Å². The predicted molar refractivity (Wildman–Crippen MR) is 245 cm³/mol. The molecule has 0 fully saturated rings. The van der Waals surface area contributed by atoms with Crippen LogP contribution in [-0.2, 0) is 44.3 Å². The molecular formula is C42H44N8O10P2S2. The van der Waals surface area contributed by atoms with Crippen molar-refractivity contribution >= 4 is 69.2 Å². The second kappa shape index (κ2) is 19.3. The molecule has 0 radical (unpaired) electrons. The smallest absolute Gasteiger partial charge is 0.345 e. The van der Waals surface area contributed by atoms with Gasteiger partial charge in [-0.2, -0.15) is 0 Å². The van der Waals surface area contributed by atoms with Crippen molar-refractivity contribution in [3.05, 3.63) is 132 Å². The zero-order valence-corrected chi connectivity index (χ0v) is 38.4. The first-order chi connectivity index (χ1) is 30.1. The normalized spacial score (nSPS) is 12.9. The van der Waals surface area contributed by atoms with Crippen LogP contribution in [0.3, 0.4) is 0 Å². The Kier molecular flexibility index (Phi) is 14.3. The molecule has 0 aliphatic heterocycles. The van der Waals surface area contributed by atoms with E-state index >= 15 is 0 Å². The molecule has 6 aromatic rings. The number of nitrogen functional groups attached to an aromatic ring is 2. The third-order valence-corrected chi connectivity index (χ3v) is 18.9. The van der Waals surface area contributed by atoms with Crippen LogP contribution >= 0.6 is 14.7 Å². The summed E-state index contributed by atoms with van der Waals surface area (Å²) in [6.07, 6.45) is 3.08. The van der Waals surface area contributed by atoms with Gasteiger partial charge in [0.25, 0.3) is 11.8 Å². The van der Waals surface area contributed by atoms with Crippen LogP contribution < -0.4 is 22.1 Å². The molecule has 0 aliphatic rings. The number of sulfone groups is 2. The maximum atomic E-state index is 13.5. The standard InChI is InChI=1S/C42H44N8O10P2S2/c1-27-5-9-29(10-6-27)35-23-45-39(43)37(49-35)41(51)48-32-15-19-34(20-16-32)64(57,58)26-62(54,59-2)60-22-21-28-7-11-30(12-8-28)36-24-46-40(44)38(50-36)42(52)47-31-13-17-33(18-14-31)63(55,56)25-61(3,4)53/h5-20,23-24H,21-22,25-26H2,1-4H3,(H2,43,45)(H2,44,46)(H,47,52)(H,48,51). The summed E-state index contributed by atoms with van der Waals surface area (Å²) in [6.45, 7) is 4.58. The van der Waals surface area contributed by atoms with Crippen molar-refractivity contribution in [1.82, 2.24) is 19.9 Å². The van der Waals surface area contributed by atoms with Crippen LogP contribution in [0.1, 0.15) is 32.1 Å². The number of aryl methyl sites for hydroxylation is 1. The van der Waals surface area contributed by atoms with Gasteiger partial charge >= 0.3 is 7.60 Å². The fraction of sp³-hybridized carbons (Fsp3) is 0.190. The Hall–Kier alpha value is -6.14. The lowest BCUT2D eigenvalue weighted by Gasteiger charge is -2.17. The molecule has 334 valence electrons. The molecule has 2 aromatic heterocycles. The van der Waals surface area contributed by atoms with Gasteiger partial charge in [-0.05, 0) is 80.8 Å². The molecule has 1 unspecified atom stereocenters. The van der Waals surface area contributed by atoms with E-state index in [-0.39, 0.29) is 57.2 Å². The highest BCUT2D eigenvalue weighted by Gasteiger charge is 2.32. The Morgan fingerprint density at radius 2 is 1.06 bits per heavy atom. The molecule has 18 nitrogen and oxygen atoms in total. The van der Waals surface area contributed by atoms with Crippen molar-refractivity contribution in [3.63, 3.8) is 0 Å². The number of hydrogen-bond acceptors (Lipinski definition) is 16. The van der Waals surface area contributed by atoms with Crippen LogP contribution in [0.5, 0.6) is 0 Å². The highest BCUT2D eigenvalue weighted by Crippen LogP contribution is 2.49. The molecule has 2 amide bonds. The number of carbonyl (C=O) groups excluding carboxylic acids is 2. The Morgan fingerprint density at radius 3 is 1.48 bits per heavy atom. The number of benzene rings is 4. The van der Waals surface area contributed by atoms with E-state index in [4.69, 9.17) is 20.5 Å². The largest absolute Gasteiger partial charge is 0.382 e. The minimum Gasteiger partial charge on any atom is -0.382 e. The molecule has 0 spiro atoms. The van der Waals surface area contributed by atoms with Gasteiger partial charge in [-0.25, -0.2) is 36.8 Å². The number of nitrogens with one attached hydrogen (secondary N) is 2. The van der Waals surface area contributed by atoms with Crippen LogP contribution in [0, 0.1) is 6.92 Å². The van der Waals surface area contributed by atoms with Crippen LogP contribution in [0.25, 0.3) is 22.5 Å². The minimum absolute atomic E-state index is 0.0317. The molecule has 22 heteroatoms. The first-order valence-electron chi connectivity index (χ1n) is 19.2. The van der Waals surface area contributed by atoms with Crippen molar-refractivity contribution in [2.75, 3.05) is 60.1 Å². The molecule has 6 N–H and O–H groups in total. The Labute approximate surface area is 370 Å². The lowest BCUT2D eigenvalue weighted by Crippen LogP contribution is -2.17. The van der Waals surface area contributed by atoms with Crippen molar-refractivity contribution < 1.29 is 44.6 Å². The number of aromatic nitrogens is 4. The van der Waals surface area contributed by atoms with Crippen molar-refractivity contribution in [1.29, 1.82) is 0 Å². The predicted octanol–water partition coefficient (Wildman–Crippen LogP) is 6.76. The van der Waals surface area contributed by atoms with Gasteiger partial charge in [0.2, 0.25) is 0 Å². The first kappa shape index (κ1) is 47.3. The molecule has 2 heterocycles. The number of carbonyl (C=O) groups is 2. The average molecular weight is 947 g/mol. The summed E-state index contributed by atoms with van der Waals surface area (Å²) in [6, 6.07) is 25.0. The molecule has 0 saturated heterocycles. The summed E-state index contributed by atoms with van der Waals surface area (Å²) in [5.74, 6) is -1.57. The molecule has 0 aliphatic carbocycles. The van der Waals surface area contributed by atoms with Crippen molar-refractivity contribution in [2.24, 2.45) is 0 Å². The van der Waals surface area contributed by atoms with Gasteiger partial charge in [-0.15, -0.1) is 0 Å². The zero-order valence-electron chi connectivity index (χ0n) is 35.0. The second-order valence-corrected chi connectivity index (χ2v) is 25.4. The highest BCUT2D eigenvalue weighted by molar-refractivity contribution is 7.99. The average Bonchev–Trinajstić information content (AvgIpc) is 3.24. The number of nitrogens with two attached hydrogens (primary N) is 2. The number of nitrogens with zero attached hydrogens (tertiary/aromatic N) is 4. The molecule has 4 aromatic carbocycles. The monoisotopic (exact) mass is 946 g/mol. The van der Waals surface area contributed by atoms with E-state index in [1.54, 1.807) is 24.3 Å². The maximum absolute atomic E-state index is 13.5. The van der Waals surface area contributed by atoms with Gasteiger partial charge in [0.05, 0.1) is 47.3 Å². The maximum Gasteiger partial charge on any atom is 0.345 e. The summed E-state index contributed by atoms with van der Waals surface area (Å²) >= 11 is 0. The van der Waals surface area contributed by atoms with Crippen molar-refractivity contribution in [3.8, 4) is 22.5 Å². The molecule has 64 heavy (non-hydrogen) atoms. The van der Waals surface area contributed by atoms with Gasteiger partial charge in [-0.1, -0.05) is 54.1 Å². The van der Waals surface area contributed by atoms with E-state index in [2.05, 4.69) is 30.6 Å². The van der Waals surface area contributed by atoms with E-state index in [9.17, 15) is 35.6 Å². The second-order valence-electron chi connectivity index (χ2n) is 14.9. The van der Waals surface area contributed by atoms with Gasteiger partial charge in [0, 0.05) is 29.6 Å². The van der Waals surface area contributed by atoms with Gasteiger partial charge in [0.15, 0.2) is 48.2 Å². The molecule has 0 saturated carbocycles. The third kappa shape index (κ3) is 12.1. The summed E-state index contributed by atoms with van der Waals surface area (Å²) in [7, 11) is -13.9. The lowest BCUT2D eigenvalue weighted by molar-refractivity contribution is 0.101. The number of amides is 2. The van der Waals surface area contributed by atoms with E-state index < -0.39 is 57.2 Å². The van der Waals surface area contributed by atoms with Crippen LogP contribution in [0.2, 0.25) is 0 Å². The number of rotatable bonds is 17. The zero-order chi connectivity index (χ0) is 46.5. The van der Waals surface area contributed by atoms with Crippen molar-refractivity contribution in [2.45, 2.75) is 23.1 Å². The SMILES string of the molecule is COP(=O)(CS(=O)(=O)c1ccc(NC(=O)c2nc(-c3ccc(C)cc3)cnc2N)cc1)OCCc1ccc(-c2cnc(N)c(C(=O)Nc3ccc(S(=O)(=O)CP(C)(C)=O)cc3)n2)cc1. The van der Waals surface area contributed by atoms with Gasteiger partial charge in [0.1, 0.15) is 5.49 Å². The Bertz CT molecular complexity index is 3030. The van der Waals surface area contributed by atoms with Crippen LogP contribution in [0.15, 0.2) is 119 Å². The summed E-state index contributed by atoms with van der Waals surface area (Å²) < 4.78 is 88.0. The summed E-state index contributed by atoms with van der Waals surface area (Å²) in [5, 5.41) is 5.26. The fourth-order valence-corrected chi connectivity index (χ4v) is 14.5. The third-order valence-electron chi connectivity index (χ3n) is 9.34. The van der Waals surface area contributed by atoms with E-state index in [1.165, 1.54) is 74.3 Å². The topological polar surface area (TPSA) is 283 Å². The molecule has 1 atom stereocenters. The summed E-state index contributed by atoms with van der Waals surface area (Å²) in [4.78, 5) is 43.0. The van der Waals surface area contributed by atoms with Gasteiger partial charge < -0.3 is 35.7 Å². The highest BCUT2D eigenvalue weighted by atomic mass is 32.2. The molecule has 0 bridgehead atoms. The Balaban J connectivity index is 1.03. The minimum atomic E-state index is -4.20. The quantitative estimate of drug-likeness (QED) is 0.0687. The summed E-state index contributed by atoms with van der Waals surface area (Å²) in [5.41, 5.74) is 14.6. The van der Waals surface area contributed by atoms with Crippen LogP contribution in [0.4, 0.5) is 23.0 Å². The fourth-order valence-electron chi connectivity index (χ4n) is 6.06. The number of hydrogen-bond donors (Lipinski definition) is 4. The first-order valence-corrected chi connectivity index (χ1v) is 27.0. The van der Waals surface area contributed by atoms with E-state index in [1.807, 2.05) is 31.2 Å². The number of anilines is 4.